The average Bonchev–Trinajstić information content (AvgIpc) is 2.31. The van der Waals surface area contributed by atoms with Gasteiger partial charge in [0, 0.05) is 23.8 Å². The lowest BCUT2D eigenvalue weighted by Crippen LogP contribution is -2.15. The van der Waals surface area contributed by atoms with Gasteiger partial charge in [0.25, 0.3) is 0 Å². The topological polar surface area (TPSA) is 24.9 Å². The van der Waals surface area contributed by atoms with E-state index in [1.807, 2.05) is 25.5 Å². The zero-order chi connectivity index (χ0) is 10.7. The van der Waals surface area contributed by atoms with Crippen LogP contribution >= 0.6 is 0 Å². The molecule has 78 valence electrons. The first kappa shape index (κ1) is 10.1. The summed E-state index contributed by atoms with van der Waals surface area (Å²) in [5.74, 6) is 0. The van der Waals surface area contributed by atoms with Crippen molar-refractivity contribution >= 4 is 10.8 Å². The molecule has 0 bridgehead atoms. The molecule has 0 aliphatic heterocycles. The molecule has 15 heavy (non-hydrogen) atoms. The Labute approximate surface area is 90.3 Å². The lowest BCUT2D eigenvalue weighted by molar-refractivity contribution is 0.579. The smallest absolute Gasteiger partial charge is 0.0346 e. The van der Waals surface area contributed by atoms with Gasteiger partial charge in [0.2, 0.25) is 0 Å². The molecule has 0 fully saturated rings. The number of fused-ring (bicyclic) bond motifs is 1. The van der Waals surface area contributed by atoms with Crippen molar-refractivity contribution in [1.82, 2.24) is 10.3 Å². The normalized spacial score (nSPS) is 12.9. The van der Waals surface area contributed by atoms with Crippen LogP contribution in [0.25, 0.3) is 10.8 Å². The van der Waals surface area contributed by atoms with Gasteiger partial charge in [-0.15, -0.1) is 0 Å². The quantitative estimate of drug-likeness (QED) is 0.824. The summed E-state index contributed by atoms with van der Waals surface area (Å²) >= 11 is 0. The van der Waals surface area contributed by atoms with Crippen LogP contribution in [-0.2, 0) is 0 Å². The van der Waals surface area contributed by atoms with E-state index >= 15 is 0 Å². The summed E-state index contributed by atoms with van der Waals surface area (Å²) in [6.45, 7) is 2.18. The number of hydrogen-bond donors (Lipinski definition) is 1. The Morgan fingerprint density at radius 1 is 1.27 bits per heavy atom. The predicted octanol–water partition coefficient (Wildman–Crippen LogP) is 2.91. The van der Waals surface area contributed by atoms with E-state index in [-0.39, 0.29) is 0 Å². The van der Waals surface area contributed by atoms with Crippen LogP contribution in [0.3, 0.4) is 0 Å². The van der Waals surface area contributed by atoms with E-state index in [1.54, 1.807) is 0 Å². The van der Waals surface area contributed by atoms with Crippen molar-refractivity contribution < 1.29 is 0 Å². The second-order valence-electron chi connectivity index (χ2n) is 3.70. The van der Waals surface area contributed by atoms with Gasteiger partial charge in [0.05, 0.1) is 0 Å². The number of rotatable bonds is 3. The van der Waals surface area contributed by atoms with Crippen molar-refractivity contribution in [2.24, 2.45) is 0 Å². The third-order valence-electron chi connectivity index (χ3n) is 2.83. The van der Waals surface area contributed by atoms with Gasteiger partial charge >= 0.3 is 0 Å². The van der Waals surface area contributed by atoms with E-state index < -0.39 is 0 Å². The van der Waals surface area contributed by atoms with Gasteiger partial charge in [-0.25, -0.2) is 0 Å². The molecule has 1 aromatic carbocycles. The van der Waals surface area contributed by atoms with Crippen LogP contribution in [0, 0.1) is 0 Å². The Morgan fingerprint density at radius 3 is 2.80 bits per heavy atom. The van der Waals surface area contributed by atoms with Gasteiger partial charge in [0.1, 0.15) is 0 Å². The number of pyridine rings is 1. The van der Waals surface area contributed by atoms with Crippen LogP contribution in [0.15, 0.2) is 36.7 Å². The molecule has 2 rings (SSSR count). The number of nitrogens with one attached hydrogen (secondary N) is 1. The average molecular weight is 200 g/mol. The van der Waals surface area contributed by atoms with E-state index in [4.69, 9.17) is 0 Å². The molecule has 1 heterocycles. The van der Waals surface area contributed by atoms with Crippen molar-refractivity contribution in [3.63, 3.8) is 0 Å². The Kier molecular flexibility index (Phi) is 2.97. The summed E-state index contributed by atoms with van der Waals surface area (Å²) in [7, 11) is 2.00. The predicted molar refractivity (Wildman–Crippen MR) is 63.8 cm³/mol. The van der Waals surface area contributed by atoms with Crippen LogP contribution < -0.4 is 5.32 Å². The fourth-order valence-corrected chi connectivity index (χ4v) is 2.00. The first-order chi connectivity index (χ1) is 7.36. The van der Waals surface area contributed by atoms with Gasteiger partial charge in [-0.05, 0) is 24.4 Å². The molecule has 2 nitrogen and oxygen atoms in total. The largest absolute Gasteiger partial charge is 0.313 e. The van der Waals surface area contributed by atoms with Crippen LogP contribution in [-0.4, -0.2) is 12.0 Å². The van der Waals surface area contributed by atoms with Crippen LogP contribution in [0.4, 0.5) is 0 Å². The van der Waals surface area contributed by atoms with Crippen molar-refractivity contribution in [3.8, 4) is 0 Å². The fourth-order valence-electron chi connectivity index (χ4n) is 2.00. The number of aromatic nitrogens is 1. The molecule has 0 saturated heterocycles. The van der Waals surface area contributed by atoms with E-state index in [0.717, 1.165) is 6.42 Å². The summed E-state index contributed by atoms with van der Waals surface area (Å²) in [6, 6.07) is 8.78. The fraction of sp³-hybridized carbons (Fsp3) is 0.308. The SMILES string of the molecule is CCC(NC)c1cncc2ccccc12. The Hall–Kier alpha value is -1.41. The van der Waals surface area contributed by atoms with Crippen molar-refractivity contribution in [3.05, 3.63) is 42.2 Å². The molecule has 2 aromatic rings. The highest BCUT2D eigenvalue weighted by Gasteiger charge is 2.09. The Balaban J connectivity index is 2.59. The van der Waals surface area contributed by atoms with Crippen LogP contribution in [0.1, 0.15) is 24.9 Å². The second-order valence-corrected chi connectivity index (χ2v) is 3.70. The molecule has 0 aliphatic carbocycles. The number of hydrogen-bond acceptors (Lipinski definition) is 2. The van der Waals surface area contributed by atoms with Gasteiger partial charge in [0.15, 0.2) is 0 Å². The van der Waals surface area contributed by atoms with Gasteiger partial charge in [-0.3, -0.25) is 4.98 Å². The number of nitrogens with zero attached hydrogens (tertiary/aromatic N) is 1. The third-order valence-corrected chi connectivity index (χ3v) is 2.83. The van der Waals surface area contributed by atoms with E-state index in [2.05, 4.69) is 35.4 Å². The highest BCUT2D eigenvalue weighted by Crippen LogP contribution is 2.24. The highest BCUT2D eigenvalue weighted by atomic mass is 14.9. The third kappa shape index (κ3) is 1.85. The molecule has 0 spiro atoms. The monoisotopic (exact) mass is 200 g/mol. The molecule has 0 aliphatic rings. The lowest BCUT2D eigenvalue weighted by Gasteiger charge is -2.15. The molecule has 0 amide bonds. The minimum Gasteiger partial charge on any atom is -0.313 e. The molecule has 1 aromatic heterocycles. The van der Waals surface area contributed by atoms with E-state index in [1.165, 1.54) is 16.3 Å². The standard InChI is InChI=1S/C13H16N2/c1-3-13(14-2)12-9-15-8-10-6-4-5-7-11(10)12/h4-9,13-14H,3H2,1-2H3. The van der Waals surface area contributed by atoms with E-state index in [0.29, 0.717) is 6.04 Å². The van der Waals surface area contributed by atoms with Gasteiger partial charge in [-0.2, -0.15) is 0 Å². The van der Waals surface area contributed by atoms with Crippen molar-refractivity contribution in [1.29, 1.82) is 0 Å². The summed E-state index contributed by atoms with van der Waals surface area (Å²) in [5.41, 5.74) is 1.29. The summed E-state index contributed by atoms with van der Waals surface area (Å²) < 4.78 is 0. The van der Waals surface area contributed by atoms with Crippen molar-refractivity contribution in [2.75, 3.05) is 7.05 Å². The maximum absolute atomic E-state index is 4.29. The molecule has 0 radical (unpaired) electrons. The molecule has 2 heteroatoms. The minimum absolute atomic E-state index is 0.392. The maximum atomic E-state index is 4.29. The second kappa shape index (κ2) is 4.41. The zero-order valence-electron chi connectivity index (χ0n) is 9.20. The highest BCUT2D eigenvalue weighted by molar-refractivity contribution is 5.85. The van der Waals surface area contributed by atoms with Crippen LogP contribution in [0.2, 0.25) is 0 Å². The lowest BCUT2D eigenvalue weighted by atomic mass is 10.0. The molecule has 1 N–H and O–H groups in total. The maximum Gasteiger partial charge on any atom is 0.0346 e. The molecule has 1 unspecified atom stereocenters. The molecular weight excluding hydrogens is 184 g/mol. The van der Waals surface area contributed by atoms with Gasteiger partial charge < -0.3 is 5.32 Å². The van der Waals surface area contributed by atoms with Crippen molar-refractivity contribution in [2.45, 2.75) is 19.4 Å². The van der Waals surface area contributed by atoms with E-state index in [9.17, 15) is 0 Å². The molecule has 1 atom stereocenters. The number of benzene rings is 1. The minimum atomic E-state index is 0.392. The molecule has 0 saturated carbocycles. The zero-order valence-corrected chi connectivity index (χ0v) is 9.20. The Morgan fingerprint density at radius 2 is 2.07 bits per heavy atom. The first-order valence-electron chi connectivity index (χ1n) is 5.36. The summed E-state index contributed by atoms with van der Waals surface area (Å²) in [6.07, 6.45) is 4.96. The summed E-state index contributed by atoms with van der Waals surface area (Å²) in [5, 5.41) is 5.83. The molecular formula is C13H16N2. The van der Waals surface area contributed by atoms with Gasteiger partial charge in [-0.1, -0.05) is 31.2 Å². The Bertz CT molecular complexity index is 442. The first-order valence-corrected chi connectivity index (χ1v) is 5.36. The van der Waals surface area contributed by atoms with Crippen LogP contribution in [0.5, 0.6) is 0 Å². The summed E-state index contributed by atoms with van der Waals surface area (Å²) in [4.78, 5) is 4.29.